The molecule has 0 aromatic heterocycles. The van der Waals surface area contributed by atoms with Gasteiger partial charge in [0.2, 0.25) is 0 Å². The van der Waals surface area contributed by atoms with Crippen LogP contribution in [0.15, 0.2) is 0 Å². The third kappa shape index (κ3) is 35.5. The van der Waals surface area contributed by atoms with Crippen molar-refractivity contribution in [1.82, 2.24) is 0 Å². The first-order chi connectivity index (χ1) is 19.0. The van der Waals surface area contributed by atoms with E-state index in [4.69, 9.17) is 10.8 Å². The van der Waals surface area contributed by atoms with Crippen molar-refractivity contribution in [2.45, 2.75) is 219 Å². The topological polar surface area (TPSA) is 83.5 Å². The number of carbonyl (C=O) groups excluding carboxylic acids is 1. The van der Waals surface area contributed by atoms with Crippen molar-refractivity contribution in [2.24, 2.45) is 5.73 Å². The van der Waals surface area contributed by atoms with Gasteiger partial charge in [-0.3, -0.25) is 0 Å². The maximum Gasteiger partial charge on any atom is 0.148 e. The summed E-state index contributed by atoms with van der Waals surface area (Å²) in [6.45, 7) is 6.57. The van der Waals surface area contributed by atoms with E-state index in [2.05, 4.69) is 13.8 Å². The lowest BCUT2D eigenvalue weighted by Gasteiger charge is -2.16. The van der Waals surface area contributed by atoms with Gasteiger partial charge in [0.25, 0.3) is 0 Å². The predicted molar refractivity (Wildman–Crippen MR) is 172 cm³/mol. The molecule has 4 N–H and O–H groups in total. The summed E-state index contributed by atoms with van der Waals surface area (Å²) in [6, 6.07) is -0.0260. The third-order valence-corrected chi connectivity index (χ3v) is 8.08. The van der Waals surface area contributed by atoms with Crippen LogP contribution in [0.25, 0.3) is 0 Å². The molecule has 4 heteroatoms. The van der Waals surface area contributed by atoms with Crippen LogP contribution in [0.4, 0.5) is 0 Å². The van der Waals surface area contributed by atoms with Gasteiger partial charge in [0.1, 0.15) is 12.4 Å². The fraction of sp³-hybridized carbons (Fsp3) is 0.971. The summed E-state index contributed by atoms with van der Waals surface area (Å²) in [5, 5.41) is 18.8. The Morgan fingerprint density at radius 1 is 0.487 bits per heavy atom. The molecule has 3 atom stereocenters. The zero-order chi connectivity index (χ0) is 29.2. The lowest BCUT2D eigenvalue weighted by atomic mass is 10.0. The Labute approximate surface area is 245 Å². The minimum absolute atomic E-state index is 0.0260. The summed E-state index contributed by atoms with van der Waals surface area (Å²) in [5.74, 6) is 0. The van der Waals surface area contributed by atoms with Gasteiger partial charge in [0.15, 0.2) is 0 Å². The van der Waals surface area contributed by atoms with Crippen LogP contribution < -0.4 is 5.73 Å². The molecule has 236 valence electrons. The van der Waals surface area contributed by atoms with Crippen molar-refractivity contribution in [3.05, 3.63) is 0 Å². The molecular formula is C35H73NO3. The van der Waals surface area contributed by atoms with Gasteiger partial charge in [-0.2, -0.15) is 0 Å². The molecule has 0 aliphatic rings. The van der Waals surface area contributed by atoms with E-state index >= 15 is 0 Å². The van der Waals surface area contributed by atoms with Crippen molar-refractivity contribution < 1.29 is 15.0 Å². The number of nitrogens with two attached hydrogens (primary N) is 1. The van der Waals surface area contributed by atoms with Gasteiger partial charge in [-0.15, -0.1) is 0 Å². The van der Waals surface area contributed by atoms with Crippen LogP contribution in [0.1, 0.15) is 201 Å². The quantitative estimate of drug-likeness (QED) is 0.0608. The molecule has 0 radical (unpaired) electrons. The highest BCUT2D eigenvalue weighted by Crippen LogP contribution is 2.15. The average molecular weight is 556 g/mol. The number of aldehydes is 1. The molecular weight excluding hydrogens is 482 g/mol. The molecule has 4 nitrogen and oxygen atoms in total. The molecule has 0 heterocycles. The monoisotopic (exact) mass is 556 g/mol. The van der Waals surface area contributed by atoms with Gasteiger partial charge in [0, 0.05) is 6.04 Å². The van der Waals surface area contributed by atoms with E-state index in [1.54, 1.807) is 0 Å². The molecule has 3 unspecified atom stereocenters. The van der Waals surface area contributed by atoms with E-state index < -0.39 is 6.10 Å². The van der Waals surface area contributed by atoms with Gasteiger partial charge in [0.05, 0.1) is 6.10 Å². The third-order valence-electron chi connectivity index (χ3n) is 8.08. The molecule has 0 bridgehead atoms. The maximum absolute atomic E-state index is 10.2. The number of rotatable bonds is 30. The molecule has 39 heavy (non-hydrogen) atoms. The first-order valence-corrected chi connectivity index (χ1v) is 17.6. The van der Waals surface area contributed by atoms with Gasteiger partial charge in [-0.05, 0) is 19.3 Å². The highest BCUT2D eigenvalue weighted by atomic mass is 16.3. The molecule has 0 aromatic rings. The summed E-state index contributed by atoms with van der Waals surface area (Å²) in [5.41, 5.74) is 5.82. The Bertz CT molecular complexity index is 446. The van der Waals surface area contributed by atoms with E-state index in [0.29, 0.717) is 12.7 Å². The van der Waals surface area contributed by atoms with E-state index in [0.717, 1.165) is 32.1 Å². The molecule has 0 saturated carbocycles. The Morgan fingerprint density at radius 3 is 1.05 bits per heavy atom. The molecule has 0 spiro atoms. The number of aliphatic hydroxyl groups excluding tert-OH is 2. The SMILES string of the molecule is CCCCCCCCCCCCCC(O)C=O.CCCCCCCCCCCCCCCCC(O)C(N)CC. The fourth-order valence-electron chi connectivity index (χ4n) is 5.12. The number of carbonyl (C=O) groups is 1. The highest BCUT2D eigenvalue weighted by Gasteiger charge is 2.11. The lowest BCUT2D eigenvalue weighted by molar-refractivity contribution is -0.115. The van der Waals surface area contributed by atoms with Crippen LogP contribution in [-0.4, -0.2) is 34.7 Å². The minimum Gasteiger partial charge on any atom is -0.392 e. The molecule has 0 rings (SSSR count). The normalized spacial score (nSPS) is 13.5. The Balaban J connectivity index is 0. The van der Waals surface area contributed by atoms with Crippen molar-refractivity contribution in [1.29, 1.82) is 0 Å². The van der Waals surface area contributed by atoms with Crippen LogP contribution in [0.5, 0.6) is 0 Å². The Morgan fingerprint density at radius 2 is 0.769 bits per heavy atom. The highest BCUT2D eigenvalue weighted by molar-refractivity contribution is 5.55. The van der Waals surface area contributed by atoms with Crippen molar-refractivity contribution in [3.8, 4) is 0 Å². The Kier molecular flexibility index (Phi) is 37.1. The molecule has 0 saturated heterocycles. The van der Waals surface area contributed by atoms with Gasteiger partial charge < -0.3 is 20.7 Å². The second-order valence-corrected chi connectivity index (χ2v) is 12.1. The summed E-state index contributed by atoms with van der Waals surface area (Å²) in [4.78, 5) is 10.2. The predicted octanol–water partition coefficient (Wildman–Crippen LogP) is 10.2. The second-order valence-electron chi connectivity index (χ2n) is 12.1. The van der Waals surface area contributed by atoms with Crippen molar-refractivity contribution in [3.63, 3.8) is 0 Å². The standard InChI is InChI=1S/C20H43NO.C15H30O2/c1-3-5-6-7-8-9-10-11-12-13-14-15-16-17-18-20(22)19(21)4-2;1-2-3-4-5-6-7-8-9-10-11-12-13-15(17)14-16/h19-20,22H,3-18,21H2,1-2H3;14-15,17H,2-13H2,1H3. The second kappa shape index (κ2) is 35.6. The molecule has 0 aliphatic carbocycles. The Hall–Kier alpha value is -0.450. The minimum atomic E-state index is -0.728. The van der Waals surface area contributed by atoms with E-state index in [1.165, 1.54) is 141 Å². The van der Waals surface area contributed by atoms with Crippen LogP contribution in [0.3, 0.4) is 0 Å². The smallest absolute Gasteiger partial charge is 0.148 e. The summed E-state index contributed by atoms with van der Waals surface area (Å²) in [6.07, 6.45) is 35.6. The molecule has 0 aromatic carbocycles. The lowest BCUT2D eigenvalue weighted by Crippen LogP contribution is -2.33. The van der Waals surface area contributed by atoms with E-state index in [1.807, 2.05) is 6.92 Å². The van der Waals surface area contributed by atoms with E-state index in [-0.39, 0.29) is 12.1 Å². The van der Waals surface area contributed by atoms with Crippen molar-refractivity contribution >= 4 is 6.29 Å². The molecule has 0 amide bonds. The number of hydrogen-bond acceptors (Lipinski definition) is 4. The average Bonchev–Trinajstić information content (AvgIpc) is 2.95. The van der Waals surface area contributed by atoms with Gasteiger partial charge in [-0.1, -0.05) is 181 Å². The summed E-state index contributed by atoms with van der Waals surface area (Å²) >= 11 is 0. The first-order valence-electron chi connectivity index (χ1n) is 17.6. The van der Waals surface area contributed by atoms with Crippen molar-refractivity contribution in [2.75, 3.05) is 0 Å². The van der Waals surface area contributed by atoms with E-state index in [9.17, 15) is 9.90 Å². The molecule has 0 aliphatic heterocycles. The van der Waals surface area contributed by atoms with Crippen LogP contribution in [0.2, 0.25) is 0 Å². The maximum atomic E-state index is 10.2. The van der Waals surface area contributed by atoms with Crippen LogP contribution in [-0.2, 0) is 4.79 Å². The zero-order valence-electron chi connectivity index (χ0n) is 27.0. The summed E-state index contributed by atoms with van der Waals surface area (Å²) < 4.78 is 0. The van der Waals surface area contributed by atoms with Crippen LogP contribution >= 0.6 is 0 Å². The first kappa shape index (κ1) is 40.7. The number of unbranched alkanes of at least 4 members (excludes halogenated alkanes) is 23. The number of aliphatic hydroxyl groups is 2. The van der Waals surface area contributed by atoms with Crippen LogP contribution in [0, 0.1) is 0 Å². The van der Waals surface area contributed by atoms with Gasteiger partial charge >= 0.3 is 0 Å². The summed E-state index contributed by atoms with van der Waals surface area (Å²) in [7, 11) is 0. The fourth-order valence-corrected chi connectivity index (χ4v) is 5.12. The largest absolute Gasteiger partial charge is 0.392 e. The van der Waals surface area contributed by atoms with Gasteiger partial charge in [-0.25, -0.2) is 0 Å². The zero-order valence-corrected chi connectivity index (χ0v) is 27.0. The molecule has 0 fully saturated rings. The number of hydrogen-bond donors (Lipinski definition) is 3.